The van der Waals surface area contributed by atoms with E-state index in [1.54, 1.807) is 7.11 Å². The molecule has 1 atom stereocenters. The van der Waals surface area contributed by atoms with Crippen molar-refractivity contribution in [3.63, 3.8) is 0 Å². The quantitative estimate of drug-likeness (QED) is 0.710. The summed E-state index contributed by atoms with van der Waals surface area (Å²) in [5.74, 6) is 0.897. The highest BCUT2D eigenvalue weighted by Gasteiger charge is 2.20. The lowest BCUT2D eigenvalue weighted by atomic mass is 10.1. The van der Waals surface area contributed by atoms with Gasteiger partial charge in [-0.15, -0.1) is 0 Å². The number of aryl methyl sites for hydroxylation is 2. The second-order valence-corrected chi connectivity index (χ2v) is 7.24. The Morgan fingerprint density at radius 2 is 1.89 bits per heavy atom. The first-order valence-corrected chi connectivity index (χ1v) is 9.45. The molecule has 27 heavy (non-hydrogen) atoms. The lowest BCUT2D eigenvalue weighted by Gasteiger charge is -2.15. The number of methoxy groups -OCH3 is 1. The van der Waals surface area contributed by atoms with Crippen LogP contribution in [0.5, 0.6) is 5.88 Å². The summed E-state index contributed by atoms with van der Waals surface area (Å²) in [6.07, 6.45) is 2.75. The highest BCUT2D eigenvalue weighted by Crippen LogP contribution is 2.33. The van der Waals surface area contributed by atoms with E-state index in [9.17, 15) is 5.11 Å². The van der Waals surface area contributed by atoms with Crippen molar-refractivity contribution in [3.8, 4) is 17.1 Å². The summed E-state index contributed by atoms with van der Waals surface area (Å²) >= 11 is 0. The Hall–Kier alpha value is -2.47. The van der Waals surface area contributed by atoms with E-state index in [4.69, 9.17) is 14.7 Å². The van der Waals surface area contributed by atoms with Crippen molar-refractivity contribution in [1.29, 1.82) is 0 Å². The molecule has 3 heterocycles. The van der Waals surface area contributed by atoms with E-state index < -0.39 is 0 Å². The zero-order valence-electron chi connectivity index (χ0n) is 16.9. The standard InChI is InChI=1S/C21H28N4O2/c1-7-16-19(15-8-9-17(12(2)3)23-21(15)27-6)24-18-13(4)10-25(14(5)11-26)20(18)22-16/h8-10,12,14,26H,7,11H2,1-6H3/t14-/m0/s1. The average Bonchev–Trinajstić information content (AvgIpc) is 3.01. The van der Waals surface area contributed by atoms with E-state index in [0.29, 0.717) is 11.8 Å². The van der Waals surface area contributed by atoms with Crippen LogP contribution in [-0.4, -0.2) is 38.3 Å². The number of rotatable bonds is 6. The van der Waals surface area contributed by atoms with Crippen LogP contribution >= 0.6 is 0 Å². The van der Waals surface area contributed by atoms with Gasteiger partial charge in [0.15, 0.2) is 5.65 Å². The molecule has 3 aromatic heterocycles. The number of aliphatic hydroxyl groups excluding tert-OH is 1. The van der Waals surface area contributed by atoms with Gasteiger partial charge in [0.05, 0.1) is 36.7 Å². The van der Waals surface area contributed by atoms with Gasteiger partial charge in [0, 0.05) is 11.9 Å². The maximum Gasteiger partial charge on any atom is 0.222 e. The first kappa shape index (κ1) is 19.3. The first-order chi connectivity index (χ1) is 12.9. The van der Waals surface area contributed by atoms with Gasteiger partial charge in [-0.1, -0.05) is 20.8 Å². The van der Waals surface area contributed by atoms with Gasteiger partial charge < -0.3 is 14.4 Å². The maximum absolute atomic E-state index is 9.56. The topological polar surface area (TPSA) is 73.1 Å². The Morgan fingerprint density at radius 3 is 2.48 bits per heavy atom. The number of aliphatic hydroxyl groups is 1. The summed E-state index contributed by atoms with van der Waals surface area (Å²) < 4.78 is 7.57. The van der Waals surface area contributed by atoms with Crippen molar-refractivity contribution in [2.24, 2.45) is 0 Å². The molecule has 0 saturated carbocycles. The largest absolute Gasteiger partial charge is 0.480 e. The van der Waals surface area contributed by atoms with Gasteiger partial charge in [0.25, 0.3) is 0 Å². The van der Waals surface area contributed by atoms with Gasteiger partial charge >= 0.3 is 0 Å². The summed E-state index contributed by atoms with van der Waals surface area (Å²) in [7, 11) is 1.64. The summed E-state index contributed by atoms with van der Waals surface area (Å²) in [5.41, 5.74) is 6.23. The van der Waals surface area contributed by atoms with Gasteiger partial charge in [-0.2, -0.15) is 0 Å². The molecule has 0 unspecified atom stereocenters. The highest BCUT2D eigenvalue weighted by atomic mass is 16.5. The minimum Gasteiger partial charge on any atom is -0.480 e. The third kappa shape index (κ3) is 3.41. The van der Waals surface area contributed by atoms with Crippen LogP contribution in [0.4, 0.5) is 0 Å². The molecular formula is C21H28N4O2. The van der Waals surface area contributed by atoms with E-state index in [1.807, 2.05) is 36.7 Å². The molecule has 0 aliphatic rings. The SMILES string of the molecule is CCc1nc2c(nc1-c1ccc(C(C)C)nc1OC)c(C)cn2[C@@H](C)CO. The predicted octanol–water partition coefficient (Wildman–Crippen LogP) is 4.05. The molecular weight excluding hydrogens is 340 g/mol. The number of hydrogen-bond acceptors (Lipinski definition) is 5. The summed E-state index contributed by atoms with van der Waals surface area (Å²) in [5, 5.41) is 9.56. The van der Waals surface area contributed by atoms with Gasteiger partial charge in [-0.25, -0.2) is 15.0 Å². The van der Waals surface area contributed by atoms with Gasteiger partial charge in [-0.3, -0.25) is 0 Å². The van der Waals surface area contributed by atoms with Crippen LogP contribution in [0.25, 0.3) is 22.4 Å². The molecule has 0 radical (unpaired) electrons. The maximum atomic E-state index is 9.56. The van der Waals surface area contributed by atoms with Crippen LogP contribution in [0.1, 0.15) is 56.6 Å². The fraction of sp³-hybridized carbons (Fsp3) is 0.476. The number of hydrogen-bond donors (Lipinski definition) is 1. The average molecular weight is 368 g/mol. The molecule has 0 aliphatic carbocycles. The molecule has 0 saturated heterocycles. The molecule has 0 spiro atoms. The van der Waals surface area contributed by atoms with E-state index in [1.165, 1.54) is 0 Å². The van der Waals surface area contributed by atoms with Crippen LogP contribution in [0.3, 0.4) is 0 Å². The minimum atomic E-state index is -0.0485. The van der Waals surface area contributed by atoms with E-state index in [0.717, 1.165) is 45.8 Å². The second-order valence-electron chi connectivity index (χ2n) is 7.24. The van der Waals surface area contributed by atoms with Crippen LogP contribution in [0.2, 0.25) is 0 Å². The molecule has 144 valence electrons. The summed E-state index contributed by atoms with van der Waals surface area (Å²) in [6, 6.07) is 4.01. The van der Waals surface area contributed by atoms with Crippen LogP contribution in [0, 0.1) is 6.92 Å². The molecule has 0 amide bonds. The van der Waals surface area contributed by atoms with Crippen LogP contribution < -0.4 is 4.74 Å². The second kappa shape index (κ2) is 7.64. The normalized spacial score (nSPS) is 12.7. The van der Waals surface area contributed by atoms with E-state index in [2.05, 4.69) is 25.8 Å². The van der Waals surface area contributed by atoms with E-state index >= 15 is 0 Å². The number of ether oxygens (including phenoxy) is 1. The molecule has 6 heteroatoms. The van der Waals surface area contributed by atoms with Crippen molar-refractivity contribution >= 4 is 11.2 Å². The van der Waals surface area contributed by atoms with Gasteiger partial charge in [0.1, 0.15) is 5.52 Å². The smallest absolute Gasteiger partial charge is 0.222 e. The Morgan fingerprint density at radius 1 is 1.15 bits per heavy atom. The minimum absolute atomic E-state index is 0.0485. The van der Waals surface area contributed by atoms with Crippen molar-refractivity contribution in [2.45, 2.75) is 53.0 Å². The fourth-order valence-electron chi connectivity index (χ4n) is 3.23. The lowest BCUT2D eigenvalue weighted by Crippen LogP contribution is -2.10. The summed E-state index contributed by atoms with van der Waals surface area (Å²) in [4.78, 5) is 14.5. The highest BCUT2D eigenvalue weighted by molar-refractivity contribution is 5.81. The monoisotopic (exact) mass is 368 g/mol. The van der Waals surface area contributed by atoms with Gasteiger partial charge in [0.2, 0.25) is 5.88 Å². The van der Waals surface area contributed by atoms with Crippen LogP contribution in [-0.2, 0) is 6.42 Å². The molecule has 6 nitrogen and oxygen atoms in total. The Balaban J connectivity index is 2.25. The lowest BCUT2D eigenvalue weighted by molar-refractivity contribution is 0.241. The number of fused-ring (bicyclic) bond motifs is 1. The molecule has 3 aromatic rings. The number of aromatic nitrogens is 4. The first-order valence-electron chi connectivity index (χ1n) is 9.45. The Bertz CT molecular complexity index is 962. The fourth-order valence-corrected chi connectivity index (χ4v) is 3.23. The number of pyridine rings is 1. The van der Waals surface area contributed by atoms with Crippen molar-refractivity contribution in [1.82, 2.24) is 19.5 Å². The Kier molecular flexibility index (Phi) is 5.46. The number of nitrogens with zero attached hydrogens (tertiary/aromatic N) is 4. The third-order valence-corrected chi connectivity index (χ3v) is 4.90. The zero-order valence-corrected chi connectivity index (χ0v) is 16.9. The molecule has 1 N–H and O–H groups in total. The molecule has 0 bridgehead atoms. The molecule has 0 fully saturated rings. The Labute approximate surface area is 160 Å². The molecule has 0 aliphatic heterocycles. The van der Waals surface area contributed by atoms with Crippen molar-refractivity contribution < 1.29 is 9.84 Å². The van der Waals surface area contributed by atoms with Gasteiger partial charge in [-0.05, 0) is 43.9 Å². The molecule has 3 rings (SSSR count). The van der Waals surface area contributed by atoms with E-state index in [-0.39, 0.29) is 12.6 Å². The van der Waals surface area contributed by atoms with Crippen molar-refractivity contribution in [3.05, 3.63) is 35.3 Å². The summed E-state index contributed by atoms with van der Waals surface area (Å²) in [6.45, 7) is 10.3. The van der Waals surface area contributed by atoms with Crippen LogP contribution in [0.15, 0.2) is 18.3 Å². The van der Waals surface area contributed by atoms with Crippen molar-refractivity contribution in [2.75, 3.05) is 13.7 Å². The zero-order chi connectivity index (χ0) is 19.7. The molecule has 0 aromatic carbocycles. The third-order valence-electron chi connectivity index (χ3n) is 4.90. The predicted molar refractivity (Wildman–Crippen MR) is 107 cm³/mol.